The third-order valence-corrected chi connectivity index (χ3v) is 2.85. The van der Waals surface area contributed by atoms with E-state index in [1.165, 1.54) is 0 Å². The molecule has 0 saturated heterocycles. The highest BCUT2D eigenvalue weighted by Crippen LogP contribution is 2.15. The fourth-order valence-corrected chi connectivity index (χ4v) is 1.93. The van der Waals surface area contributed by atoms with E-state index >= 15 is 0 Å². The molecule has 19 heavy (non-hydrogen) atoms. The molecule has 0 radical (unpaired) electrons. The zero-order valence-electron chi connectivity index (χ0n) is 10.6. The van der Waals surface area contributed by atoms with Crippen molar-refractivity contribution in [2.75, 3.05) is 26.7 Å². The number of ether oxygens (including phenoxy) is 1. The predicted octanol–water partition coefficient (Wildman–Crippen LogP) is 2.33. The second kappa shape index (κ2) is 7.36. The van der Waals surface area contributed by atoms with Crippen LogP contribution >= 0.6 is 24.0 Å². The Kier molecular flexibility index (Phi) is 6.12. The summed E-state index contributed by atoms with van der Waals surface area (Å²) in [5, 5.41) is -0.504. The number of rotatable bonds is 4. The molecule has 4 nitrogen and oxygen atoms in total. The Bertz CT molecular complexity index is 460. The van der Waals surface area contributed by atoms with E-state index in [2.05, 4.69) is 9.89 Å². The highest BCUT2D eigenvalue weighted by Gasteiger charge is 2.12. The van der Waals surface area contributed by atoms with Gasteiger partial charge in [-0.2, -0.15) is 0 Å². The van der Waals surface area contributed by atoms with Crippen LogP contribution in [0, 0.1) is 0 Å². The average Bonchev–Trinajstić information content (AvgIpc) is 2.38. The van der Waals surface area contributed by atoms with Crippen molar-refractivity contribution in [3.8, 4) is 5.75 Å². The molecule has 0 aromatic heterocycles. The number of carbonyl (C=O) groups is 1. The zero-order valence-corrected chi connectivity index (χ0v) is 12.2. The van der Waals surface area contributed by atoms with Gasteiger partial charge in [-0.05, 0) is 42.3 Å². The van der Waals surface area contributed by atoms with Gasteiger partial charge in [0, 0.05) is 25.7 Å². The Labute approximate surface area is 123 Å². The lowest BCUT2D eigenvalue weighted by Crippen LogP contribution is -2.32. The van der Waals surface area contributed by atoms with Gasteiger partial charge in [0.05, 0.1) is 0 Å². The monoisotopic (exact) mass is 302 g/mol. The van der Waals surface area contributed by atoms with Crippen LogP contribution in [0.4, 0.5) is 0 Å². The lowest BCUT2D eigenvalue weighted by atomic mass is 10.1. The van der Waals surface area contributed by atoms with Crippen LogP contribution in [0.3, 0.4) is 0 Å². The van der Waals surface area contributed by atoms with Crippen molar-refractivity contribution in [2.45, 2.75) is 6.42 Å². The largest absolute Gasteiger partial charge is 0.484 e. The molecule has 0 fully saturated rings. The lowest BCUT2D eigenvalue weighted by molar-refractivity contribution is -0.113. The molecule has 0 atom stereocenters. The molecule has 0 saturated carbocycles. The molecule has 1 aliphatic heterocycles. The van der Waals surface area contributed by atoms with Gasteiger partial charge < -0.3 is 9.64 Å². The van der Waals surface area contributed by atoms with Crippen LogP contribution in [0.5, 0.6) is 5.75 Å². The summed E-state index contributed by atoms with van der Waals surface area (Å²) in [6.45, 7) is 1.79. The Hall–Kier alpha value is -1.26. The van der Waals surface area contributed by atoms with E-state index in [1.54, 1.807) is 0 Å². The van der Waals surface area contributed by atoms with E-state index in [0.717, 1.165) is 30.9 Å². The maximum absolute atomic E-state index is 10.6. The van der Waals surface area contributed by atoms with Crippen LogP contribution < -0.4 is 4.74 Å². The Morgan fingerprint density at radius 3 is 2.68 bits per heavy atom. The van der Waals surface area contributed by atoms with Crippen molar-refractivity contribution in [3.63, 3.8) is 0 Å². The summed E-state index contributed by atoms with van der Waals surface area (Å²) in [5.74, 6) is 1.63. The van der Waals surface area contributed by atoms with E-state index in [4.69, 9.17) is 16.3 Å². The molecule has 1 heterocycles. The topological polar surface area (TPSA) is 41.9 Å². The first kappa shape index (κ1) is 15.8. The zero-order chi connectivity index (χ0) is 13.0. The SMILES string of the molecule is CN1CCCN=C1c1ccc(OCC(=O)Cl)cc1.Cl. The van der Waals surface area contributed by atoms with Gasteiger partial charge in [0.25, 0.3) is 5.24 Å². The minimum atomic E-state index is -0.504. The number of hydrogen-bond acceptors (Lipinski definition) is 4. The molecule has 104 valence electrons. The smallest absolute Gasteiger partial charge is 0.259 e. The van der Waals surface area contributed by atoms with Gasteiger partial charge in [0.1, 0.15) is 11.6 Å². The van der Waals surface area contributed by atoms with Crippen LogP contribution in [0.25, 0.3) is 0 Å². The molecule has 0 spiro atoms. The van der Waals surface area contributed by atoms with Gasteiger partial charge >= 0.3 is 0 Å². The highest BCUT2D eigenvalue weighted by atomic mass is 35.5. The third-order valence-electron chi connectivity index (χ3n) is 2.74. The van der Waals surface area contributed by atoms with Gasteiger partial charge in [-0.15, -0.1) is 12.4 Å². The van der Waals surface area contributed by atoms with E-state index in [1.807, 2.05) is 31.3 Å². The Morgan fingerprint density at radius 1 is 1.42 bits per heavy atom. The average molecular weight is 303 g/mol. The first-order valence-electron chi connectivity index (χ1n) is 5.84. The van der Waals surface area contributed by atoms with Gasteiger partial charge in [-0.3, -0.25) is 9.79 Å². The molecule has 0 N–H and O–H groups in total. The molecular formula is C13H16Cl2N2O2. The standard InChI is InChI=1S/C13H15ClN2O2.ClH/c1-16-8-2-7-15-13(16)10-3-5-11(6-4-10)18-9-12(14)17;/h3-6H,2,7-9H2,1H3;1H. The Balaban J connectivity index is 0.00000180. The molecule has 0 bridgehead atoms. The number of hydrogen-bond donors (Lipinski definition) is 0. The third kappa shape index (κ3) is 4.40. The summed E-state index contributed by atoms with van der Waals surface area (Å²) in [7, 11) is 2.04. The van der Waals surface area contributed by atoms with Crippen LogP contribution in [0.2, 0.25) is 0 Å². The van der Waals surface area contributed by atoms with Crippen LogP contribution in [-0.4, -0.2) is 42.7 Å². The minimum Gasteiger partial charge on any atom is -0.484 e. The van der Waals surface area contributed by atoms with E-state index < -0.39 is 5.24 Å². The maximum Gasteiger partial charge on any atom is 0.259 e. The normalized spacial score (nSPS) is 14.4. The summed E-state index contributed by atoms with van der Waals surface area (Å²) in [6.07, 6.45) is 1.10. The molecule has 1 aromatic carbocycles. The van der Waals surface area contributed by atoms with Crippen LogP contribution in [0.1, 0.15) is 12.0 Å². The molecule has 2 rings (SSSR count). The lowest BCUT2D eigenvalue weighted by Gasteiger charge is -2.25. The number of halogens is 2. The van der Waals surface area contributed by atoms with E-state index in [0.29, 0.717) is 5.75 Å². The second-order valence-corrected chi connectivity index (χ2v) is 4.57. The molecule has 0 amide bonds. The fraction of sp³-hybridized carbons (Fsp3) is 0.385. The second-order valence-electron chi connectivity index (χ2n) is 4.15. The molecule has 6 heteroatoms. The molecule has 1 aromatic rings. The van der Waals surface area contributed by atoms with Crippen molar-refractivity contribution < 1.29 is 9.53 Å². The highest BCUT2D eigenvalue weighted by molar-refractivity contribution is 6.63. The summed E-state index contributed by atoms with van der Waals surface area (Å²) in [6, 6.07) is 7.52. The first-order chi connectivity index (χ1) is 8.66. The van der Waals surface area contributed by atoms with Gasteiger partial charge in [-0.1, -0.05) is 0 Å². The van der Waals surface area contributed by atoms with Crippen molar-refractivity contribution in [1.29, 1.82) is 0 Å². The van der Waals surface area contributed by atoms with Gasteiger partial charge in [0.2, 0.25) is 0 Å². The summed E-state index contributed by atoms with van der Waals surface area (Å²) in [5.41, 5.74) is 1.06. The first-order valence-corrected chi connectivity index (χ1v) is 6.22. The summed E-state index contributed by atoms with van der Waals surface area (Å²) >= 11 is 5.21. The number of amidine groups is 1. The summed E-state index contributed by atoms with van der Waals surface area (Å²) in [4.78, 5) is 17.2. The molecule has 0 unspecified atom stereocenters. The summed E-state index contributed by atoms with van der Waals surface area (Å²) < 4.78 is 5.20. The van der Waals surface area contributed by atoms with Crippen molar-refractivity contribution in [1.82, 2.24) is 4.90 Å². The number of nitrogens with zero attached hydrogens (tertiary/aromatic N) is 2. The van der Waals surface area contributed by atoms with Gasteiger partial charge in [-0.25, -0.2) is 0 Å². The van der Waals surface area contributed by atoms with E-state index in [9.17, 15) is 4.79 Å². The fourth-order valence-electron chi connectivity index (χ4n) is 1.87. The molecule has 0 aliphatic carbocycles. The van der Waals surface area contributed by atoms with E-state index in [-0.39, 0.29) is 19.0 Å². The molecule has 1 aliphatic rings. The van der Waals surface area contributed by atoms with Gasteiger partial charge in [0.15, 0.2) is 6.61 Å². The quantitative estimate of drug-likeness (QED) is 0.802. The van der Waals surface area contributed by atoms with Crippen molar-refractivity contribution in [2.24, 2.45) is 4.99 Å². The van der Waals surface area contributed by atoms with Crippen LogP contribution in [-0.2, 0) is 4.79 Å². The Morgan fingerprint density at radius 2 is 2.11 bits per heavy atom. The predicted molar refractivity (Wildman–Crippen MR) is 78.7 cm³/mol. The maximum atomic E-state index is 10.6. The number of aliphatic imine (C=N–C) groups is 1. The number of benzene rings is 1. The van der Waals surface area contributed by atoms with Crippen molar-refractivity contribution in [3.05, 3.63) is 29.8 Å². The number of carbonyl (C=O) groups excluding carboxylic acids is 1. The van der Waals surface area contributed by atoms with Crippen molar-refractivity contribution >= 4 is 35.1 Å². The van der Waals surface area contributed by atoms with Crippen LogP contribution in [0.15, 0.2) is 29.3 Å². The minimum absolute atomic E-state index is 0. The molecular weight excluding hydrogens is 287 g/mol.